The number of nitrogens with zero attached hydrogens (tertiary/aromatic N) is 1. The monoisotopic (exact) mass is 420 g/mol. The molecule has 29 heavy (non-hydrogen) atoms. The Morgan fingerprint density at radius 3 is 2.41 bits per heavy atom. The molecule has 8 heteroatoms. The number of nitrogens with two attached hydrogens (primary N) is 2. The van der Waals surface area contributed by atoms with Crippen LogP contribution in [0.25, 0.3) is 4.91 Å². The maximum atomic E-state index is 12.8. The van der Waals surface area contributed by atoms with Gasteiger partial charge >= 0.3 is 0 Å². The minimum atomic E-state index is -0.745. The van der Waals surface area contributed by atoms with Crippen LogP contribution in [0, 0.1) is 5.41 Å². The van der Waals surface area contributed by atoms with Gasteiger partial charge in [0.15, 0.2) is 0 Å². The van der Waals surface area contributed by atoms with Crippen LogP contribution in [0.2, 0.25) is 0 Å². The Morgan fingerprint density at radius 1 is 1.31 bits per heavy atom. The highest BCUT2D eigenvalue weighted by atomic mass is 32.1. The second kappa shape index (κ2) is 9.19. The van der Waals surface area contributed by atoms with E-state index >= 15 is 0 Å². The van der Waals surface area contributed by atoms with E-state index in [0.29, 0.717) is 17.1 Å². The van der Waals surface area contributed by atoms with Gasteiger partial charge in [-0.25, -0.2) is 0 Å². The number of carbonyl (C=O) groups excluding carboxylic acids is 2. The van der Waals surface area contributed by atoms with Crippen molar-refractivity contribution in [3.05, 3.63) is 41.1 Å². The van der Waals surface area contributed by atoms with Gasteiger partial charge in [0.05, 0.1) is 12.1 Å². The van der Waals surface area contributed by atoms with Crippen LogP contribution in [-0.2, 0) is 16.1 Å². The first-order chi connectivity index (χ1) is 13.4. The smallest absolute Gasteiger partial charge is 0.243 e. The Kier molecular flexibility index (Phi) is 7.37. The summed E-state index contributed by atoms with van der Waals surface area (Å²) in [5.41, 5.74) is 13.8. The SMILES string of the molecule is C/C(N)=C(/S)c1ccc(CNC(=O)[C@@H]2CC(O)CN2C(=O)[C@@H](N)C(C)(C)C)cc1. The van der Waals surface area contributed by atoms with Gasteiger partial charge in [-0.2, -0.15) is 0 Å². The van der Waals surface area contributed by atoms with E-state index in [2.05, 4.69) is 17.9 Å². The van der Waals surface area contributed by atoms with Gasteiger partial charge in [-0.3, -0.25) is 9.59 Å². The number of rotatable bonds is 5. The highest BCUT2D eigenvalue weighted by molar-refractivity contribution is 7.90. The first-order valence-corrected chi connectivity index (χ1v) is 10.1. The van der Waals surface area contributed by atoms with Gasteiger partial charge in [-0.1, -0.05) is 45.0 Å². The number of carbonyl (C=O) groups is 2. The van der Waals surface area contributed by atoms with Gasteiger partial charge in [-0.15, -0.1) is 12.6 Å². The molecule has 0 aromatic heterocycles. The van der Waals surface area contributed by atoms with E-state index in [1.165, 1.54) is 4.90 Å². The molecule has 1 saturated heterocycles. The summed E-state index contributed by atoms with van der Waals surface area (Å²) in [6, 6.07) is 6.07. The lowest BCUT2D eigenvalue weighted by molar-refractivity contribution is -0.141. The van der Waals surface area contributed by atoms with Crippen molar-refractivity contribution in [3.63, 3.8) is 0 Å². The lowest BCUT2D eigenvalue weighted by Gasteiger charge is -2.32. The maximum absolute atomic E-state index is 12.8. The topological polar surface area (TPSA) is 122 Å². The highest BCUT2D eigenvalue weighted by Gasteiger charge is 2.42. The van der Waals surface area contributed by atoms with Crippen LogP contribution in [0.1, 0.15) is 45.2 Å². The Bertz CT molecular complexity index is 782. The number of nitrogens with one attached hydrogen (secondary N) is 1. The zero-order valence-electron chi connectivity index (χ0n) is 17.5. The van der Waals surface area contributed by atoms with Crippen molar-refractivity contribution in [2.45, 2.75) is 58.8 Å². The van der Waals surface area contributed by atoms with Gasteiger partial charge in [0.25, 0.3) is 0 Å². The number of allylic oxidation sites excluding steroid dienone is 1. The minimum Gasteiger partial charge on any atom is -0.401 e. The van der Waals surface area contributed by atoms with E-state index < -0.39 is 23.6 Å². The van der Waals surface area contributed by atoms with Crippen molar-refractivity contribution in [1.29, 1.82) is 0 Å². The average molecular weight is 421 g/mol. The van der Waals surface area contributed by atoms with E-state index in [-0.39, 0.29) is 24.8 Å². The number of hydrogen-bond acceptors (Lipinski definition) is 6. The normalized spacial score (nSPS) is 21.6. The van der Waals surface area contributed by atoms with Crippen molar-refractivity contribution in [3.8, 4) is 0 Å². The Morgan fingerprint density at radius 2 is 1.90 bits per heavy atom. The molecule has 2 amide bonds. The summed E-state index contributed by atoms with van der Waals surface area (Å²) in [6.45, 7) is 7.83. The summed E-state index contributed by atoms with van der Waals surface area (Å²) < 4.78 is 0. The molecule has 7 nitrogen and oxygen atoms in total. The summed E-state index contributed by atoms with van der Waals surface area (Å²) in [4.78, 5) is 27.6. The molecule has 0 radical (unpaired) electrons. The molecule has 1 aromatic carbocycles. The van der Waals surface area contributed by atoms with Crippen LogP contribution >= 0.6 is 12.6 Å². The number of hydrogen-bond donors (Lipinski definition) is 5. The number of aliphatic hydroxyl groups is 1. The van der Waals surface area contributed by atoms with Crippen molar-refractivity contribution in [2.75, 3.05) is 6.54 Å². The van der Waals surface area contributed by atoms with Crippen molar-refractivity contribution in [2.24, 2.45) is 16.9 Å². The van der Waals surface area contributed by atoms with Crippen molar-refractivity contribution in [1.82, 2.24) is 10.2 Å². The van der Waals surface area contributed by atoms with Crippen LogP contribution in [0.4, 0.5) is 0 Å². The number of likely N-dealkylation sites (tertiary alicyclic amines) is 1. The van der Waals surface area contributed by atoms with Crippen LogP contribution < -0.4 is 16.8 Å². The minimum absolute atomic E-state index is 0.116. The molecule has 0 spiro atoms. The molecule has 0 saturated carbocycles. The molecule has 3 atom stereocenters. The molecule has 1 unspecified atom stereocenters. The lowest BCUT2D eigenvalue weighted by atomic mass is 9.86. The Hall–Kier alpha value is -2.03. The third kappa shape index (κ3) is 5.74. The summed E-state index contributed by atoms with van der Waals surface area (Å²) in [5, 5.41) is 12.9. The quantitative estimate of drug-likeness (QED) is 0.459. The van der Waals surface area contributed by atoms with E-state index in [4.69, 9.17) is 11.5 Å². The number of β-amino-alcohol motifs (C(OH)–C–C–N with tert-alkyl or cyclic N) is 1. The van der Waals surface area contributed by atoms with Crippen LogP contribution in [0.3, 0.4) is 0 Å². The van der Waals surface area contributed by atoms with Gasteiger partial charge in [0.2, 0.25) is 11.8 Å². The molecule has 160 valence electrons. The number of benzene rings is 1. The Labute approximate surface area is 177 Å². The van der Waals surface area contributed by atoms with E-state index in [1.54, 1.807) is 6.92 Å². The number of amides is 2. The van der Waals surface area contributed by atoms with Gasteiger partial charge in [-0.05, 0) is 23.5 Å². The van der Waals surface area contributed by atoms with E-state index in [9.17, 15) is 14.7 Å². The first kappa shape index (κ1) is 23.3. The Balaban J connectivity index is 2.03. The zero-order chi connectivity index (χ0) is 21.9. The van der Waals surface area contributed by atoms with Crippen molar-refractivity contribution < 1.29 is 14.7 Å². The zero-order valence-corrected chi connectivity index (χ0v) is 18.4. The fourth-order valence-electron chi connectivity index (χ4n) is 3.17. The molecule has 1 aliphatic rings. The lowest BCUT2D eigenvalue weighted by Crippen LogP contribution is -2.54. The largest absolute Gasteiger partial charge is 0.401 e. The third-order valence-electron chi connectivity index (χ3n) is 5.13. The van der Waals surface area contributed by atoms with Crippen LogP contribution in [-0.4, -0.2) is 46.6 Å². The standard InChI is InChI=1S/C21H32N4O3S/c1-12(22)17(29)14-7-5-13(6-8-14)10-24-19(27)16-9-15(26)11-25(16)20(28)18(23)21(2,3)4/h5-8,15-16,18,26,29H,9-11,22-23H2,1-4H3,(H,24,27)/b17-12-/t15?,16-,18+/m0/s1. The fourth-order valence-corrected chi connectivity index (χ4v) is 3.32. The molecule has 2 rings (SSSR count). The molecule has 0 aliphatic carbocycles. The molecular formula is C21H32N4O3S. The molecule has 6 N–H and O–H groups in total. The summed E-state index contributed by atoms with van der Waals surface area (Å²) in [7, 11) is 0. The van der Waals surface area contributed by atoms with Gasteiger partial charge in [0.1, 0.15) is 6.04 Å². The third-order valence-corrected chi connectivity index (χ3v) is 5.74. The highest BCUT2D eigenvalue weighted by Crippen LogP contribution is 2.25. The molecule has 1 heterocycles. The number of thiol groups is 1. The number of aliphatic hydroxyl groups excluding tert-OH is 1. The molecule has 1 aromatic rings. The van der Waals surface area contributed by atoms with Crippen LogP contribution in [0.5, 0.6) is 0 Å². The molecule has 1 aliphatic heterocycles. The first-order valence-electron chi connectivity index (χ1n) is 9.68. The van der Waals surface area contributed by atoms with Gasteiger partial charge in [0, 0.05) is 30.1 Å². The fraction of sp³-hybridized carbons (Fsp3) is 0.524. The predicted octanol–water partition coefficient (Wildman–Crippen LogP) is 1.22. The molecular weight excluding hydrogens is 388 g/mol. The molecule has 0 bridgehead atoms. The summed E-state index contributed by atoms with van der Waals surface area (Å²) in [5.74, 6) is -0.614. The summed E-state index contributed by atoms with van der Waals surface area (Å²) in [6.07, 6.45) is -0.530. The molecule has 1 fully saturated rings. The average Bonchev–Trinajstić information content (AvgIpc) is 3.05. The van der Waals surface area contributed by atoms with E-state index in [0.717, 1.165) is 11.1 Å². The second-order valence-electron chi connectivity index (χ2n) is 8.69. The van der Waals surface area contributed by atoms with Gasteiger partial charge < -0.3 is 26.8 Å². The van der Waals surface area contributed by atoms with Crippen molar-refractivity contribution >= 4 is 29.3 Å². The predicted molar refractivity (Wildman–Crippen MR) is 118 cm³/mol. The van der Waals surface area contributed by atoms with E-state index in [1.807, 2.05) is 45.0 Å². The summed E-state index contributed by atoms with van der Waals surface area (Å²) >= 11 is 4.38. The second-order valence-corrected chi connectivity index (χ2v) is 9.13. The van der Waals surface area contributed by atoms with Crippen LogP contribution in [0.15, 0.2) is 30.0 Å². The maximum Gasteiger partial charge on any atom is 0.243 e.